The van der Waals surface area contributed by atoms with E-state index in [0.717, 1.165) is 11.3 Å². The minimum Gasteiger partial charge on any atom is -0.299 e. The van der Waals surface area contributed by atoms with Crippen molar-refractivity contribution in [1.29, 1.82) is 0 Å². The quantitative estimate of drug-likeness (QED) is 0.741. The van der Waals surface area contributed by atoms with Crippen LogP contribution in [0.1, 0.15) is 5.56 Å². The fraction of sp³-hybridized carbons (Fsp3) is 0.100. The third kappa shape index (κ3) is 1.87. The van der Waals surface area contributed by atoms with E-state index in [4.69, 9.17) is 12.2 Å². The topological polar surface area (TPSA) is 50.7 Å². The number of rotatable bonds is 1. The normalized spacial score (nSPS) is 10.2. The summed E-state index contributed by atoms with van der Waals surface area (Å²) in [6, 6.07) is 3.32. The minimum absolute atomic E-state index is 0.196. The highest BCUT2D eigenvalue weighted by Gasteiger charge is 2.00. The highest BCUT2D eigenvalue weighted by atomic mass is 32.1. The molecule has 15 heavy (non-hydrogen) atoms. The van der Waals surface area contributed by atoms with Gasteiger partial charge in [-0.2, -0.15) is 0 Å². The van der Waals surface area contributed by atoms with Crippen LogP contribution in [0.3, 0.4) is 0 Å². The van der Waals surface area contributed by atoms with Crippen LogP contribution in [0.15, 0.2) is 35.5 Å². The maximum atomic E-state index is 11.0. The molecule has 0 fully saturated rings. The summed E-state index contributed by atoms with van der Waals surface area (Å²) >= 11 is 5.06. The van der Waals surface area contributed by atoms with Gasteiger partial charge in [-0.05, 0) is 30.8 Å². The van der Waals surface area contributed by atoms with E-state index in [1.165, 1.54) is 6.07 Å². The van der Waals surface area contributed by atoms with Gasteiger partial charge in [0, 0.05) is 18.5 Å². The van der Waals surface area contributed by atoms with Gasteiger partial charge in [0.05, 0.1) is 11.9 Å². The van der Waals surface area contributed by atoms with Crippen LogP contribution in [0.25, 0.3) is 5.69 Å². The van der Waals surface area contributed by atoms with Crippen LogP contribution in [0.4, 0.5) is 0 Å². The van der Waals surface area contributed by atoms with Crippen molar-refractivity contribution in [1.82, 2.24) is 14.5 Å². The van der Waals surface area contributed by atoms with E-state index in [-0.39, 0.29) is 5.56 Å². The second-order valence-corrected chi connectivity index (χ2v) is 3.53. The lowest BCUT2D eigenvalue weighted by Crippen LogP contribution is -2.10. The van der Waals surface area contributed by atoms with Crippen LogP contribution in [-0.4, -0.2) is 14.5 Å². The van der Waals surface area contributed by atoms with Crippen LogP contribution in [0, 0.1) is 11.7 Å². The number of hydrogen-bond acceptors (Lipinski definition) is 3. The van der Waals surface area contributed by atoms with Crippen molar-refractivity contribution in [3.63, 3.8) is 0 Å². The predicted molar refractivity (Wildman–Crippen MR) is 59.8 cm³/mol. The first-order chi connectivity index (χ1) is 7.18. The van der Waals surface area contributed by atoms with Crippen molar-refractivity contribution in [2.24, 2.45) is 0 Å². The lowest BCUT2D eigenvalue weighted by molar-refractivity contribution is 0.921. The summed E-state index contributed by atoms with van der Waals surface area (Å²) in [6.45, 7) is 1.96. The SMILES string of the molecule is Cc1ccncc1-n1ccc(=O)[nH]c1=S. The lowest BCUT2D eigenvalue weighted by Gasteiger charge is -2.07. The molecule has 0 amide bonds. The highest BCUT2D eigenvalue weighted by molar-refractivity contribution is 7.71. The van der Waals surface area contributed by atoms with Crippen molar-refractivity contribution in [3.05, 3.63) is 51.4 Å². The second kappa shape index (κ2) is 3.78. The number of nitrogens with zero attached hydrogens (tertiary/aromatic N) is 2. The van der Waals surface area contributed by atoms with E-state index in [2.05, 4.69) is 9.97 Å². The molecule has 0 aliphatic rings. The van der Waals surface area contributed by atoms with E-state index in [1.807, 2.05) is 13.0 Å². The summed E-state index contributed by atoms with van der Waals surface area (Å²) in [6.07, 6.45) is 5.07. The molecule has 2 aromatic rings. The van der Waals surface area contributed by atoms with Gasteiger partial charge in [-0.1, -0.05) is 0 Å². The van der Waals surface area contributed by atoms with Gasteiger partial charge >= 0.3 is 0 Å². The number of nitrogens with one attached hydrogen (secondary N) is 1. The smallest absolute Gasteiger partial charge is 0.251 e. The van der Waals surface area contributed by atoms with Crippen LogP contribution in [0.2, 0.25) is 0 Å². The highest BCUT2D eigenvalue weighted by Crippen LogP contribution is 2.10. The number of aromatic nitrogens is 3. The van der Waals surface area contributed by atoms with Gasteiger partial charge < -0.3 is 0 Å². The molecule has 0 atom stereocenters. The molecule has 0 aromatic carbocycles. The molecule has 76 valence electrons. The lowest BCUT2D eigenvalue weighted by atomic mass is 10.2. The molecule has 2 aromatic heterocycles. The van der Waals surface area contributed by atoms with Gasteiger partial charge in [0.25, 0.3) is 5.56 Å². The summed E-state index contributed by atoms with van der Waals surface area (Å²) in [5.74, 6) is 0. The van der Waals surface area contributed by atoms with E-state index < -0.39 is 0 Å². The summed E-state index contributed by atoms with van der Waals surface area (Å²) in [4.78, 5) is 17.6. The average molecular weight is 219 g/mol. The monoisotopic (exact) mass is 219 g/mol. The molecular formula is C10H9N3OS. The Hall–Kier alpha value is -1.75. The van der Waals surface area contributed by atoms with Crippen LogP contribution in [0.5, 0.6) is 0 Å². The third-order valence-corrected chi connectivity index (χ3v) is 2.39. The number of aromatic amines is 1. The summed E-state index contributed by atoms with van der Waals surface area (Å²) in [7, 11) is 0. The maximum Gasteiger partial charge on any atom is 0.251 e. The number of H-pyrrole nitrogens is 1. The molecule has 0 spiro atoms. The van der Waals surface area contributed by atoms with Gasteiger partial charge in [0.15, 0.2) is 4.77 Å². The maximum absolute atomic E-state index is 11.0. The zero-order valence-corrected chi connectivity index (χ0v) is 8.91. The first-order valence-electron chi connectivity index (χ1n) is 4.41. The van der Waals surface area contributed by atoms with Crippen LogP contribution in [-0.2, 0) is 0 Å². The van der Waals surface area contributed by atoms with Crippen LogP contribution < -0.4 is 5.56 Å². The standard InChI is InChI=1S/C10H9N3OS/c1-7-2-4-11-6-8(7)13-5-3-9(14)12-10(13)15/h2-6H,1H3,(H,12,14,15). The van der Waals surface area contributed by atoms with Gasteiger partial charge in [-0.15, -0.1) is 0 Å². The molecule has 0 bridgehead atoms. The number of aryl methyl sites for hydroxylation is 1. The van der Waals surface area contributed by atoms with Crippen molar-refractivity contribution in [2.45, 2.75) is 6.92 Å². The first kappa shape index (κ1) is 9.79. The Kier molecular flexibility index (Phi) is 2.47. The van der Waals surface area contributed by atoms with Crippen LogP contribution >= 0.6 is 12.2 Å². The largest absolute Gasteiger partial charge is 0.299 e. The Bertz CT molecular complexity index is 600. The summed E-state index contributed by atoms with van der Waals surface area (Å²) in [5, 5.41) is 0. The van der Waals surface area contributed by atoms with Crippen molar-refractivity contribution in [2.75, 3.05) is 0 Å². The zero-order chi connectivity index (χ0) is 10.8. The predicted octanol–water partition coefficient (Wildman–Crippen LogP) is 1.60. The zero-order valence-electron chi connectivity index (χ0n) is 8.10. The van der Waals surface area contributed by atoms with Gasteiger partial charge in [0.2, 0.25) is 0 Å². The Labute approximate surface area is 91.2 Å². The molecule has 0 unspecified atom stereocenters. The van der Waals surface area contributed by atoms with Crippen molar-refractivity contribution < 1.29 is 0 Å². The molecule has 0 aliphatic carbocycles. The van der Waals surface area contributed by atoms with E-state index in [0.29, 0.717) is 4.77 Å². The first-order valence-corrected chi connectivity index (χ1v) is 4.82. The van der Waals surface area contributed by atoms with Gasteiger partial charge in [0.1, 0.15) is 0 Å². The fourth-order valence-electron chi connectivity index (χ4n) is 1.31. The molecule has 0 radical (unpaired) electrons. The fourth-order valence-corrected chi connectivity index (χ4v) is 1.57. The minimum atomic E-state index is -0.196. The Morgan fingerprint density at radius 2 is 2.27 bits per heavy atom. The molecule has 0 aliphatic heterocycles. The van der Waals surface area contributed by atoms with Gasteiger partial charge in [-0.3, -0.25) is 19.3 Å². The Morgan fingerprint density at radius 3 is 2.93 bits per heavy atom. The Balaban J connectivity index is 2.70. The number of hydrogen-bond donors (Lipinski definition) is 1. The van der Waals surface area contributed by atoms with Crippen molar-refractivity contribution in [3.8, 4) is 5.69 Å². The molecule has 4 nitrogen and oxygen atoms in total. The molecule has 0 saturated heterocycles. The van der Waals surface area contributed by atoms with Gasteiger partial charge in [-0.25, -0.2) is 0 Å². The average Bonchev–Trinajstić information content (AvgIpc) is 2.20. The molecule has 5 heteroatoms. The number of pyridine rings is 1. The third-order valence-electron chi connectivity index (χ3n) is 2.09. The summed E-state index contributed by atoms with van der Waals surface area (Å²) in [5.41, 5.74) is 1.73. The molecular weight excluding hydrogens is 210 g/mol. The Morgan fingerprint density at radius 1 is 1.47 bits per heavy atom. The molecule has 1 N–H and O–H groups in total. The van der Waals surface area contributed by atoms with E-state index in [9.17, 15) is 4.79 Å². The van der Waals surface area contributed by atoms with Crippen molar-refractivity contribution >= 4 is 12.2 Å². The second-order valence-electron chi connectivity index (χ2n) is 3.14. The van der Waals surface area contributed by atoms with E-state index >= 15 is 0 Å². The molecule has 0 saturated carbocycles. The molecule has 2 heterocycles. The summed E-state index contributed by atoms with van der Waals surface area (Å²) < 4.78 is 2.09. The van der Waals surface area contributed by atoms with E-state index in [1.54, 1.807) is 23.2 Å². The molecule has 2 rings (SSSR count).